The first-order valence-corrected chi connectivity index (χ1v) is 8.16. The summed E-state index contributed by atoms with van der Waals surface area (Å²) in [6, 6.07) is 7.58. The SMILES string of the molecule is Cc1cc(NC(=O)COC(=O)C2(c3cccc(F)c3)CCCC2)no1. The van der Waals surface area contributed by atoms with Crippen LogP contribution in [0.2, 0.25) is 0 Å². The van der Waals surface area contributed by atoms with Crippen LogP contribution >= 0.6 is 0 Å². The van der Waals surface area contributed by atoms with Crippen LogP contribution in [0, 0.1) is 12.7 Å². The van der Waals surface area contributed by atoms with E-state index in [-0.39, 0.29) is 5.82 Å². The van der Waals surface area contributed by atoms with Crippen molar-refractivity contribution in [3.63, 3.8) is 0 Å². The lowest BCUT2D eigenvalue weighted by Crippen LogP contribution is -2.36. The minimum atomic E-state index is -0.882. The van der Waals surface area contributed by atoms with Gasteiger partial charge in [0, 0.05) is 6.07 Å². The van der Waals surface area contributed by atoms with Crippen molar-refractivity contribution in [2.75, 3.05) is 11.9 Å². The van der Waals surface area contributed by atoms with E-state index in [9.17, 15) is 14.0 Å². The summed E-state index contributed by atoms with van der Waals surface area (Å²) in [6.07, 6.45) is 2.88. The van der Waals surface area contributed by atoms with Crippen LogP contribution in [0.1, 0.15) is 37.0 Å². The number of esters is 1. The molecular formula is C18H19FN2O4. The topological polar surface area (TPSA) is 81.4 Å². The van der Waals surface area contributed by atoms with Crippen molar-refractivity contribution >= 4 is 17.7 Å². The van der Waals surface area contributed by atoms with Crippen LogP contribution in [-0.2, 0) is 19.7 Å². The zero-order valence-electron chi connectivity index (χ0n) is 13.9. The van der Waals surface area contributed by atoms with Crippen LogP contribution in [0.4, 0.5) is 10.2 Å². The molecule has 1 aromatic heterocycles. The number of rotatable bonds is 5. The average Bonchev–Trinajstić information content (AvgIpc) is 3.23. The number of aryl methyl sites for hydroxylation is 1. The summed E-state index contributed by atoms with van der Waals surface area (Å²) in [5, 5.41) is 6.13. The van der Waals surface area contributed by atoms with Gasteiger partial charge in [-0.2, -0.15) is 0 Å². The number of amides is 1. The molecule has 1 saturated carbocycles. The van der Waals surface area contributed by atoms with Gasteiger partial charge >= 0.3 is 5.97 Å². The lowest BCUT2D eigenvalue weighted by atomic mass is 9.79. The number of aromatic nitrogens is 1. The highest BCUT2D eigenvalue weighted by Gasteiger charge is 2.44. The summed E-state index contributed by atoms with van der Waals surface area (Å²) >= 11 is 0. The fourth-order valence-electron chi connectivity index (χ4n) is 3.25. The van der Waals surface area contributed by atoms with Gasteiger partial charge in [-0.05, 0) is 37.5 Å². The Morgan fingerprint density at radius 2 is 2.08 bits per heavy atom. The molecule has 0 aliphatic heterocycles. The standard InChI is InChI=1S/C18H19FN2O4/c1-12-9-15(21-25-12)20-16(22)11-24-17(23)18(7-2-3-8-18)13-5-4-6-14(19)10-13/h4-6,9-10H,2-3,7-8,11H2,1H3,(H,20,21,22). The molecule has 1 heterocycles. The van der Waals surface area contributed by atoms with E-state index in [4.69, 9.17) is 9.26 Å². The molecule has 3 rings (SSSR count). The number of nitrogens with one attached hydrogen (secondary N) is 1. The molecule has 25 heavy (non-hydrogen) atoms. The molecule has 132 valence electrons. The molecule has 1 aromatic carbocycles. The summed E-state index contributed by atoms with van der Waals surface area (Å²) in [6.45, 7) is 1.27. The molecule has 0 spiro atoms. The molecule has 7 heteroatoms. The highest BCUT2D eigenvalue weighted by molar-refractivity contribution is 5.93. The molecule has 6 nitrogen and oxygen atoms in total. The van der Waals surface area contributed by atoms with Crippen LogP contribution in [0.3, 0.4) is 0 Å². The van der Waals surface area contributed by atoms with E-state index in [0.717, 1.165) is 12.8 Å². The van der Waals surface area contributed by atoms with Crippen LogP contribution in [0.5, 0.6) is 0 Å². The third kappa shape index (κ3) is 3.70. The zero-order valence-corrected chi connectivity index (χ0v) is 13.9. The van der Waals surface area contributed by atoms with Crippen molar-refractivity contribution in [1.82, 2.24) is 5.16 Å². The third-order valence-electron chi connectivity index (χ3n) is 4.45. The van der Waals surface area contributed by atoms with Crippen molar-refractivity contribution in [2.24, 2.45) is 0 Å². The maximum Gasteiger partial charge on any atom is 0.317 e. The number of nitrogens with zero attached hydrogens (tertiary/aromatic N) is 1. The second-order valence-electron chi connectivity index (χ2n) is 6.25. The number of hydrogen-bond acceptors (Lipinski definition) is 5. The minimum absolute atomic E-state index is 0.263. The Morgan fingerprint density at radius 3 is 2.72 bits per heavy atom. The Hall–Kier alpha value is -2.70. The molecule has 0 atom stereocenters. The maximum atomic E-state index is 13.6. The van der Waals surface area contributed by atoms with E-state index in [1.807, 2.05) is 0 Å². The summed E-state index contributed by atoms with van der Waals surface area (Å²) < 4.78 is 23.7. The van der Waals surface area contributed by atoms with Crippen molar-refractivity contribution in [3.8, 4) is 0 Å². The molecule has 2 aromatic rings. The fraction of sp³-hybridized carbons (Fsp3) is 0.389. The summed E-state index contributed by atoms with van der Waals surface area (Å²) in [7, 11) is 0. The van der Waals surface area contributed by atoms with Crippen LogP contribution in [0.25, 0.3) is 0 Å². The number of carbonyl (C=O) groups is 2. The quantitative estimate of drug-likeness (QED) is 0.841. The minimum Gasteiger partial charge on any atom is -0.455 e. The van der Waals surface area contributed by atoms with Crippen LogP contribution in [-0.4, -0.2) is 23.6 Å². The molecule has 1 aliphatic rings. The Bertz CT molecular complexity index is 781. The first kappa shape index (κ1) is 17.1. The molecule has 1 fully saturated rings. The second kappa shape index (κ2) is 7.04. The van der Waals surface area contributed by atoms with Gasteiger partial charge in [-0.1, -0.05) is 30.1 Å². The molecule has 0 radical (unpaired) electrons. The molecule has 1 N–H and O–H groups in total. The molecule has 1 aliphatic carbocycles. The van der Waals surface area contributed by atoms with E-state index < -0.39 is 29.7 Å². The van der Waals surface area contributed by atoms with Crippen LogP contribution in [0.15, 0.2) is 34.9 Å². The maximum absolute atomic E-state index is 13.6. The number of anilines is 1. The summed E-state index contributed by atoms with van der Waals surface area (Å²) in [4.78, 5) is 24.6. The smallest absolute Gasteiger partial charge is 0.317 e. The van der Waals surface area contributed by atoms with Crippen LogP contribution < -0.4 is 5.32 Å². The van der Waals surface area contributed by atoms with Crippen molar-refractivity contribution in [2.45, 2.75) is 38.0 Å². The second-order valence-corrected chi connectivity index (χ2v) is 6.25. The van der Waals surface area contributed by atoms with Gasteiger partial charge in [-0.15, -0.1) is 0 Å². The van der Waals surface area contributed by atoms with Crippen molar-refractivity contribution < 1.29 is 23.2 Å². The van der Waals surface area contributed by atoms with Gasteiger partial charge in [-0.25, -0.2) is 4.39 Å². The molecule has 0 saturated heterocycles. The van der Waals surface area contributed by atoms with Gasteiger partial charge in [-0.3, -0.25) is 9.59 Å². The molecular weight excluding hydrogens is 327 g/mol. The van der Waals surface area contributed by atoms with E-state index in [1.54, 1.807) is 25.1 Å². The Labute approximate surface area is 144 Å². The third-order valence-corrected chi connectivity index (χ3v) is 4.45. The molecule has 1 amide bonds. The summed E-state index contributed by atoms with van der Waals surface area (Å²) in [5.74, 6) is -0.575. The van der Waals surface area contributed by atoms with Gasteiger partial charge in [0.2, 0.25) is 0 Å². The Morgan fingerprint density at radius 1 is 1.32 bits per heavy atom. The largest absolute Gasteiger partial charge is 0.455 e. The lowest BCUT2D eigenvalue weighted by molar-refractivity contribution is -0.153. The van der Waals surface area contributed by atoms with E-state index in [2.05, 4.69) is 10.5 Å². The highest BCUT2D eigenvalue weighted by Crippen LogP contribution is 2.42. The van der Waals surface area contributed by atoms with Crippen molar-refractivity contribution in [1.29, 1.82) is 0 Å². The zero-order chi connectivity index (χ0) is 17.9. The fourth-order valence-corrected chi connectivity index (χ4v) is 3.25. The van der Waals surface area contributed by atoms with Crippen molar-refractivity contribution in [3.05, 3.63) is 47.5 Å². The Kier molecular flexibility index (Phi) is 4.83. The monoisotopic (exact) mass is 346 g/mol. The number of hydrogen-bond donors (Lipinski definition) is 1. The Balaban J connectivity index is 1.66. The number of halogens is 1. The number of ether oxygens (including phenoxy) is 1. The number of carbonyl (C=O) groups excluding carboxylic acids is 2. The lowest BCUT2D eigenvalue weighted by Gasteiger charge is -2.27. The van der Waals surface area contributed by atoms with E-state index >= 15 is 0 Å². The van der Waals surface area contributed by atoms with Gasteiger partial charge in [0.05, 0.1) is 5.41 Å². The predicted octanol–water partition coefficient (Wildman–Crippen LogP) is 3.12. The first-order chi connectivity index (χ1) is 12.0. The summed E-state index contributed by atoms with van der Waals surface area (Å²) in [5.41, 5.74) is -0.283. The van der Waals surface area contributed by atoms with Gasteiger partial charge in [0.1, 0.15) is 11.6 Å². The molecule has 0 unspecified atom stereocenters. The van der Waals surface area contributed by atoms with Gasteiger partial charge < -0.3 is 14.6 Å². The number of benzene rings is 1. The first-order valence-electron chi connectivity index (χ1n) is 8.16. The van der Waals surface area contributed by atoms with Gasteiger partial charge in [0.15, 0.2) is 12.4 Å². The molecule has 0 bridgehead atoms. The van der Waals surface area contributed by atoms with Gasteiger partial charge in [0.25, 0.3) is 5.91 Å². The van der Waals surface area contributed by atoms with E-state index in [1.165, 1.54) is 12.1 Å². The average molecular weight is 346 g/mol. The predicted molar refractivity (Wildman–Crippen MR) is 87.4 cm³/mol. The highest BCUT2D eigenvalue weighted by atomic mass is 19.1. The van der Waals surface area contributed by atoms with E-state index in [0.29, 0.717) is 24.2 Å². The normalized spacial score (nSPS) is 15.8.